The predicted octanol–water partition coefficient (Wildman–Crippen LogP) is 6.39. The van der Waals surface area contributed by atoms with Gasteiger partial charge in [-0.3, -0.25) is 9.36 Å². The summed E-state index contributed by atoms with van der Waals surface area (Å²) in [5, 5.41) is 4.33. The number of aromatic nitrogens is 3. The van der Waals surface area contributed by atoms with E-state index in [9.17, 15) is 18.0 Å². The molecule has 1 N–H and O–H groups in total. The van der Waals surface area contributed by atoms with E-state index in [1.165, 1.54) is 11.6 Å². The second-order valence-corrected chi connectivity index (χ2v) is 11.2. The topological polar surface area (TPSA) is 63.1 Å². The van der Waals surface area contributed by atoms with Crippen molar-refractivity contribution >= 4 is 17.0 Å². The second kappa shape index (κ2) is 11.6. The third-order valence-electron chi connectivity index (χ3n) is 8.42. The van der Waals surface area contributed by atoms with Crippen molar-refractivity contribution in [2.75, 3.05) is 24.5 Å². The fraction of sp³-hybridized carbons (Fsp3) is 0.406. The van der Waals surface area contributed by atoms with Gasteiger partial charge in [0.25, 0.3) is 5.56 Å². The van der Waals surface area contributed by atoms with Crippen LogP contribution in [0.25, 0.3) is 22.2 Å². The molecule has 2 aromatic heterocycles. The van der Waals surface area contributed by atoms with E-state index in [1.807, 2.05) is 6.07 Å². The summed E-state index contributed by atoms with van der Waals surface area (Å²) in [6.07, 6.45) is 3.88. The molecule has 214 valence electrons. The Balaban J connectivity index is 1.25. The molecule has 41 heavy (non-hydrogen) atoms. The van der Waals surface area contributed by atoms with Crippen LogP contribution in [0.5, 0.6) is 0 Å². The van der Waals surface area contributed by atoms with Crippen LogP contribution >= 0.6 is 0 Å². The van der Waals surface area contributed by atoms with Crippen LogP contribution in [-0.4, -0.2) is 40.2 Å². The van der Waals surface area contributed by atoms with Gasteiger partial charge in [0, 0.05) is 42.3 Å². The van der Waals surface area contributed by atoms with Crippen molar-refractivity contribution in [1.82, 2.24) is 19.9 Å². The number of halogens is 3. The minimum atomic E-state index is -4.49. The SMILES string of the molecule is O=c1c(-c2cccc(C(F)(F)F)c2)cc2cnc(N3CCC(NCCc4ccccc4)CC3)nc2n1C1CCCC1. The van der Waals surface area contributed by atoms with Crippen molar-refractivity contribution in [3.8, 4) is 11.1 Å². The van der Waals surface area contributed by atoms with Crippen LogP contribution in [0.4, 0.5) is 19.1 Å². The summed E-state index contributed by atoms with van der Waals surface area (Å²) in [7, 11) is 0. The van der Waals surface area contributed by atoms with Gasteiger partial charge >= 0.3 is 6.18 Å². The first-order chi connectivity index (χ1) is 19.9. The molecular weight excluding hydrogens is 527 g/mol. The Morgan fingerprint density at radius 1 is 0.927 bits per heavy atom. The molecule has 0 atom stereocenters. The lowest BCUT2D eigenvalue weighted by molar-refractivity contribution is -0.137. The average Bonchev–Trinajstić information content (AvgIpc) is 3.52. The first-order valence-corrected chi connectivity index (χ1v) is 14.5. The maximum Gasteiger partial charge on any atom is 0.416 e. The highest BCUT2D eigenvalue weighted by atomic mass is 19.4. The molecule has 6 nitrogen and oxygen atoms in total. The highest BCUT2D eigenvalue weighted by Gasteiger charge is 2.31. The molecule has 1 aliphatic heterocycles. The number of pyridine rings is 1. The van der Waals surface area contributed by atoms with Gasteiger partial charge in [0.2, 0.25) is 5.95 Å². The first-order valence-electron chi connectivity index (χ1n) is 14.5. The maximum absolute atomic E-state index is 13.9. The summed E-state index contributed by atoms with van der Waals surface area (Å²) in [6, 6.07) is 17.5. The molecular formula is C32H34F3N5O. The van der Waals surface area contributed by atoms with E-state index in [0.717, 1.165) is 76.7 Å². The summed E-state index contributed by atoms with van der Waals surface area (Å²) in [5.74, 6) is 0.596. The molecule has 9 heteroatoms. The van der Waals surface area contributed by atoms with Crippen LogP contribution in [0.1, 0.15) is 55.7 Å². The van der Waals surface area contributed by atoms with Crippen molar-refractivity contribution in [3.63, 3.8) is 0 Å². The van der Waals surface area contributed by atoms with Crippen molar-refractivity contribution in [3.05, 3.63) is 88.3 Å². The van der Waals surface area contributed by atoms with Crippen LogP contribution in [0.3, 0.4) is 0 Å². The number of nitrogens with zero attached hydrogens (tertiary/aromatic N) is 4. The Morgan fingerprint density at radius 3 is 2.41 bits per heavy atom. The van der Waals surface area contributed by atoms with Crippen molar-refractivity contribution in [2.24, 2.45) is 0 Å². The Morgan fingerprint density at radius 2 is 1.68 bits per heavy atom. The van der Waals surface area contributed by atoms with Gasteiger partial charge in [0.05, 0.1) is 5.56 Å². The number of hydrogen-bond acceptors (Lipinski definition) is 5. The molecule has 2 aliphatic rings. The fourth-order valence-electron chi connectivity index (χ4n) is 6.18. The Kier molecular flexibility index (Phi) is 7.79. The lowest BCUT2D eigenvalue weighted by Crippen LogP contribution is -2.43. The third-order valence-corrected chi connectivity index (χ3v) is 8.42. The quantitative estimate of drug-likeness (QED) is 0.283. The standard InChI is InChI=1S/C32H34F3N5O/c33-32(34,35)25-10-6-9-23(19-25)28-20-24-21-37-31(38-29(24)40(30(28)41)27-11-4-5-12-27)39-17-14-26(15-18-39)36-16-13-22-7-2-1-3-8-22/h1-3,6-10,19-21,26-27,36H,4-5,11-18H2. The number of alkyl halides is 3. The van der Waals surface area contributed by atoms with Crippen LogP contribution < -0.4 is 15.8 Å². The smallest absolute Gasteiger partial charge is 0.341 e. The minimum Gasteiger partial charge on any atom is -0.341 e. The number of nitrogens with one attached hydrogen (secondary N) is 1. The third kappa shape index (κ3) is 6.00. The fourth-order valence-corrected chi connectivity index (χ4v) is 6.18. The van der Waals surface area contributed by atoms with Gasteiger partial charge in [-0.2, -0.15) is 18.2 Å². The number of fused-ring (bicyclic) bond motifs is 1. The van der Waals surface area contributed by atoms with Crippen molar-refractivity contribution in [1.29, 1.82) is 0 Å². The Labute approximate surface area is 237 Å². The molecule has 0 radical (unpaired) electrons. The molecule has 2 aromatic carbocycles. The van der Waals surface area contributed by atoms with E-state index in [1.54, 1.807) is 22.9 Å². The van der Waals surface area contributed by atoms with Gasteiger partial charge in [-0.1, -0.05) is 55.3 Å². The number of piperidine rings is 1. The van der Waals surface area contributed by atoms with Gasteiger partial charge in [0.15, 0.2) is 0 Å². The largest absolute Gasteiger partial charge is 0.416 e. The Hall–Kier alpha value is -3.72. The number of anilines is 1. The number of rotatable bonds is 7. The molecule has 0 amide bonds. The highest BCUT2D eigenvalue weighted by Crippen LogP contribution is 2.34. The van der Waals surface area contributed by atoms with E-state index < -0.39 is 11.7 Å². The van der Waals surface area contributed by atoms with Crippen molar-refractivity contribution < 1.29 is 13.2 Å². The van der Waals surface area contributed by atoms with E-state index in [-0.39, 0.29) is 22.7 Å². The number of benzene rings is 2. The van der Waals surface area contributed by atoms with Gasteiger partial charge < -0.3 is 10.2 Å². The predicted molar refractivity (Wildman–Crippen MR) is 155 cm³/mol. The highest BCUT2D eigenvalue weighted by molar-refractivity contribution is 5.82. The molecule has 1 aliphatic carbocycles. The minimum absolute atomic E-state index is 0.0296. The summed E-state index contributed by atoms with van der Waals surface area (Å²) < 4.78 is 42.0. The number of hydrogen-bond donors (Lipinski definition) is 1. The van der Waals surface area contributed by atoms with Crippen LogP contribution in [0.2, 0.25) is 0 Å². The zero-order valence-corrected chi connectivity index (χ0v) is 22.9. The van der Waals surface area contributed by atoms with Crippen LogP contribution in [-0.2, 0) is 12.6 Å². The molecule has 4 aromatic rings. The Bertz CT molecular complexity index is 1560. The van der Waals surface area contributed by atoms with Crippen molar-refractivity contribution in [2.45, 2.75) is 63.2 Å². The molecule has 0 bridgehead atoms. The van der Waals surface area contributed by atoms with E-state index in [4.69, 9.17) is 4.98 Å². The first kappa shape index (κ1) is 27.4. The average molecular weight is 562 g/mol. The van der Waals surface area contributed by atoms with Gasteiger partial charge in [-0.25, -0.2) is 4.98 Å². The lowest BCUT2D eigenvalue weighted by Gasteiger charge is -2.32. The molecule has 2 fully saturated rings. The van der Waals surface area contributed by atoms with Gasteiger partial charge in [-0.05, 0) is 68.0 Å². The van der Waals surface area contributed by atoms with E-state index >= 15 is 0 Å². The molecule has 6 rings (SSSR count). The van der Waals surface area contributed by atoms with Crippen LogP contribution in [0.15, 0.2) is 71.7 Å². The summed E-state index contributed by atoms with van der Waals surface area (Å²) in [4.78, 5) is 25.6. The molecule has 0 spiro atoms. The zero-order valence-electron chi connectivity index (χ0n) is 22.9. The molecule has 0 unspecified atom stereocenters. The molecule has 1 saturated carbocycles. The van der Waals surface area contributed by atoms with Gasteiger partial charge in [-0.15, -0.1) is 0 Å². The summed E-state index contributed by atoms with van der Waals surface area (Å²) in [5.41, 5.74) is 1.32. The monoisotopic (exact) mass is 561 g/mol. The second-order valence-electron chi connectivity index (χ2n) is 11.2. The van der Waals surface area contributed by atoms with E-state index in [2.05, 4.69) is 39.5 Å². The normalized spacial score (nSPS) is 17.0. The maximum atomic E-state index is 13.9. The summed E-state index contributed by atoms with van der Waals surface area (Å²) in [6.45, 7) is 2.55. The van der Waals surface area contributed by atoms with E-state index in [0.29, 0.717) is 23.0 Å². The molecule has 3 heterocycles. The molecule has 1 saturated heterocycles. The zero-order chi connectivity index (χ0) is 28.4. The van der Waals surface area contributed by atoms with Gasteiger partial charge in [0.1, 0.15) is 5.65 Å². The summed E-state index contributed by atoms with van der Waals surface area (Å²) >= 11 is 0. The lowest BCUT2D eigenvalue weighted by atomic mass is 10.0. The van der Waals surface area contributed by atoms with Crippen LogP contribution in [0, 0.1) is 0 Å².